The van der Waals surface area contributed by atoms with E-state index >= 15 is 0 Å². The summed E-state index contributed by atoms with van der Waals surface area (Å²) in [6, 6.07) is 5.85. The van der Waals surface area contributed by atoms with Gasteiger partial charge in [-0.05, 0) is 36.5 Å². The van der Waals surface area contributed by atoms with Crippen molar-refractivity contribution in [3.63, 3.8) is 0 Å². The summed E-state index contributed by atoms with van der Waals surface area (Å²) in [6.07, 6.45) is 1.60. The van der Waals surface area contributed by atoms with Crippen LogP contribution in [0, 0.1) is 0 Å². The minimum atomic E-state index is 0.137. The Morgan fingerprint density at radius 3 is 3.18 bits per heavy atom. The monoisotopic (exact) mass is 227 g/mol. The van der Waals surface area contributed by atoms with Crippen LogP contribution in [-0.2, 0) is 11.2 Å². The van der Waals surface area contributed by atoms with E-state index in [-0.39, 0.29) is 6.04 Å². The van der Waals surface area contributed by atoms with E-state index in [4.69, 9.17) is 5.53 Å². The maximum absolute atomic E-state index is 10.5. The number of azide groups is 1. The quantitative estimate of drug-likeness (QED) is 0.261. The van der Waals surface area contributed by atoms with Crippen LogP contribution in [-0.4, -0.2) is 25.0 Å². The molecule has 5 nitrogen and oxygen atoms in total. The molecule has 2 rings (SSSR count). The van der Waals surface area contributed by atoms with Gasteiger partial charge in [0.2, 0.25) is 0 Å². The second-order valence-corrected chi connectivity index (χ2v) is 3.98. The second-order valence-electron chi connectivity index (χ2n) is 3.98. The van der Waals surface area contributed by atoms with Crippen molar-refractivity contribution in [2.45, 2.75) is 19.4 Å². The van der Waals surface area contributed by atoms with Gasteiger partial charge in [0.25, 0.3) is 7.41 Å². The lowest BCUT2D eigenvalue weighted by atomic mass is 9.83. The van der Waals surface area contributed by atoms with Gasteiger partial charge in [-0.3, -0.25) is 0 Å². The van der Waals surface area contributed by atoms with Crippen LogP contribution in [0.4, 0.5) is 5.69 Å². The molecule has 0 aliphatic carbocycles. The second kappa shape index (κ2) is 5.04. The van der Waals surface area contributed by atoms with Gasteiger partial charge >= 0.3 is 0 Å². The molecule has 0 spiro atoms. The van der Waals surface area contributed by atoms with Gasteiger partial charge in [0, 0.05) is 16.6 Å². The number of fused-ring (bicyclic) bond motifs is 1. The Labute approximate surface area is 100 Å². The minimum Gasteiger partial charge on any atom is -0.333 e. The topological polar surface area (TPSA) is 69.1 Å². The van der Waals surface area contributed by atoms with Gasteiger partial charge in [-0.1, -0.05) is 23.3 Å². The molecule has 0 bridgehead atoms. The smallest absolute Gasteiger partial charge is 0.293 e. The Balaban J connectivity index is 2.40. The summed E-state index contributed by atoms with van der Waals surface area (Å²) in [4.78, 5) is 15.4. The van der Waals surface area contributed by atoms with Crippen LogP contribution in [0.15, 0.2) is 23.3 Å². The highest BCUT2D eigenvalue weighted by Crippen LogP contribution is 2.34. The normalized spacial score (nSPS) is 19.0. The Hall–Kier alpha value is -1.78. The molecule has 0 amide bonds. The summed E-state index contributed by atoms with van der Waals surface area (Å²) in [6.45, 7) is 2.81. The predicted octanol–water partition coefficient (Wildman–Crippen LogP) is 2.36. The van der Waals surface area contributed by atoms with Crippen LogP contribution in [0.5, 0.6) is 0 Å². The van der Waals surface area contributed by atoms with Gasteiger partial charge in [-0.15, -0.1) is 0 Å². The third-order valence-electron chi connectivity index (χ3n) is 3.16. The molecule has 1 atom stereocenters. The Morgan fingerprint density at radius 2 is 2.47 bits per heavy atom. The first-order valence-electron chi connectivity index (χ1n) is 5.49. The van der Waals surface area contributed by atoms with Crippen molar-refractivity contribution >= 4 is 19.3 Å². The highest BCUT2D eigenvalue weighted by Gasteiger charge is 2.24. The first-order valence-corrected chi connectivity index (χ1v) is 5.49. The van der Waals surface area contributed by atoms with Crippen molar-refractivity contribution in [2.75, 3.05) is 6.54 Å². The van der Waals surface area contributed by atoms with E-state index in [1.165, 1.54) is 0 Å². The maximum atomic E-state index is 10.5. The highest BCUT2D eigenvalue weighted by atomic mass is 16.1. The van der Waals surface area contributed by atoms with E-state index in [2.05, 4.69) is 10.0 Å². The number of carbonyl (C=O) groups excluding carboxylic acids is 1. The molecule has 1 aromatic rings. The molecule has 1 unspecified atom stereocenters. The number of rotatable bonds is 3. The van der Waals surface area contributed by atoms with E-state index < -0.39 is 0 Å². The largest absolute Gasteiger partial charge is 0.333 e. The van der Waals surface area contributed by atoms with Crippen molar-refractivity contribution in [1.82, 2.24) is 4.81 Å². The summed E-state index contributed by atoms with van der Waals surface area (Å²) in [5, 5.41) is 3.71. The van der Waals surface area contributed by atoms with Crippen molar-refractivity contribution < 1.29 is 4.79 Å². The Morgan fingerprint density at radius 1 is 1.65 bits per heavy atom. The number of hydrogen-bond donors (Lipinski definition) is 0. The third kappa shape index (κ3) is 2.18. The summed E-state index contributed by atoms with van der Waals surface area (Å²) >= 11 is 0. The van der Waals surface area contributed by atoms with Crippen molar-refractivity contribution in [3.05, 3.63) is 39.8 Å². The van der Waals surface area contributed by atoms with Crippen molar-refractivity contribution in [3.8, 4) is 0 Å². The van der Waals surface area contributed by atoms with Crippen LogP contribution >= 0.6 is 0 Å². The van der Waals surface area contributed by atoms with Crippen LogP contribution < -0.4 is 0 Å². The average Bonchev–Trinajstić information content (AvgIpc) is 2.34. The average molecular weight is 227 g/mol. The molecular formula is C11H12BN4O. The fourth-order valence-electron chi connectivity index (χ4n) is 2.29. The summed E-state index contributed by atoms with van der Waals surface area (Å²) < 4.78 is 0. The molecule has 0 saturated heterocycles. The molecule has 85 valence electrons. The van der Waals surface area contributed by atoms with Gasteiger partial charge in [0.15, 0.2) is 0 Å². The fourth-order valence-corrected chi connectivity index (χ4v) is 2.29. The Kier molecular flexibility index (Phi) is 3.47. The fraction of sp³-hybridized carbons (Fsp3) is 0.364. The minimum absolute atomic E-state index is 0.137. The van der Waals surface area contributed by atoms with Crippen LogP contribution in [0.2, 0.25) is 0 Å². The molecule has 0 N–H and O–H groups in total. The van der Waals surface area contributed by atoms with Crippen LogP contribution in [0.3, 0.4) is 0 Å². The molecule has 1 heterocycles. The molecule has 6 heteroatoms. The number of hydrogen-bond acceptors (Lipinski definition) is 3. The number of nitrogens with zero attached hydrogens (tertiary/aromatic N) is 4. The molecule has 1 aliphatic heterocycles. The standard InChI is InChI=1S/C11H12BN4O/c1-8-9-3-2-4-11(14-15-13)10(9)5-6-16(8)12-7-17/h2-4,7-8H,5-6H2,1H3. The predicted molar refractivity (Wildman–Crippen MR) is 66.6 cm³/mol. The highest BCUT2D eigenvalue weighted by molar-refractivity contribution is 6.64. The first-order chi connectivity index (χ1) is 8.27. The maximum Gasteiger partial charge on any atom is 0.293 e. The number of benzene rings is 1. The zero-order valence-corrected chi connectivity index (χ0v) is 9.58. The first kappa shape index (κ1) is 11.7. The van der Waals surface area contributed by atoms with E-state index in [1.54, 1.807) is 7.41 Å². The zero-order valence-electron chi connectivity index (χ0n) is 9.58. The summed E-state index contributed by atoms with van der Waals surface area (Å²) in [5.41, 5.74) is 11.4. The van der Waals surface area contributed by atoms with E-state index in [0.29, 0.717) is 5.69 Å². The van der Waals surface area contributed by atoms with E-state index in [1.807, 2.05) is 29.9 Å². The van der Waals surface area contributed by atoms with Crippen molar-refractivity contribution in [1.29, 1.82) is 0 Å². The van der Waals surface area contributed by atoms with Gasteiger partial charge in [0.1, 0.15) is 0 Å². The third-order valence-corrected chi connectivity index (χ3v) is 3.16. The Bertz CT molecular complexity index is 484. The summed E-state index contributed by atoms with van der Waals surface area (Å²) in [7, 11) is 1.56. The zero-order chi connectivity index (χ0) is 12.3. The molecular weight excluding hydrogens is 215 g/mol. The SMILES string of the molecule is CC1c2cccc(N=[N+]=[N-])c2CCN1[B]C=O. The van der Waals surface area contributed by atoms with E-state index in [0.717, 1.165) is 30.3 Å². The molecule has 0 fully saturated rings. The van der Waals surface area contributed by atoms with Gasteiger partial charge in [-0.25, -0.2) is 0 Å². The lowest BCUT2D eigenvalue weighted by Crippen LogP contribution is -2.37. The lowest BCUT2D eigenvalue weighted by molar-refractivity contribution is 0.343. The molecule has 1 aromatic carbocycles. The molecule has 0 aromatic heterocycles. The number of carbonyl (C=O) groups is 1. The van der Waals surface area contributed by atoms with E-state index in [9.17, 15) is 4.79 Å². The molecule has 1 aliphatic rings. The molecule has 17 heavy (non-hydrogen) atoms. The van der Waals surface area contributed by atoms with Crippen molar-refractivity contribution in [2.24, 2.45) is 5.11 Å². The van der Waals surface area contributed by atoms with Crippen LogP contribution in [0.25, 0.3) is 10.4 Å². The summed E-state index contributed by atoms with van der Waals surface area (Å²) in [5.74, 6) is 0. The van der Waals surface area contributed by atoms with Gasteiger partial charge in [-0.2, -0.15) is 0 Å². The molecule has 1 radical (unpaired) electrons. The lowest BCUT2D eigenvalue weighted by Gasteiger charge is -2.34. The van der Waals surface area contributed by atoms with Gasteiger partial charge in [0.05, 0.1) is 6.19 Å². The van der Waals surface area contributed by atoms with Crippen LogP contribution in [0.1, 0.15) is 24.1 Å². The van der Waals surface area contributed by atoms with Gasteiger partial charge < -0.3 is 9.61 Å². The molecule has 0 saturated carbocycles.